The molecule has 0 bridgehead atoms. The van der Waals surface area contributed by atoms with Gasteiger partial charge in [0.05, 0.1) is 10.1 Å². The Morgan fingerprint density at radius 3 is 3.00 bits per heavy atom. The predicted octanol–water partition coefficient (Wildman–Crippen LogP) is 3.13. The van der Waals surface area contributed by atoms with Gasteiger partial charge in [0.15, 0.2) is 5.78 Å². The van der Waals surface area contributed by atoms with Crippen LogP contribution in [0.4, 0.5) is 0 Å². The summed E-state index contributed by atoms with van der Waals surface area (Å²) in [4.78, 5) is 12.8. The van der Waals surface area contributed by atoms with Gasteiger partial charge >= 0.3 is 0 Å². The number of hydrogen-bond donors (Lipinski definition) is 0. The van der Waals surface area contributed by atoms with Crippen LogP contribution in [-0.2, 0) is 0 Å². The van der Waals surface area contributed by atoms with Crippen molar-refractivity contribution in [1.82, 2.24) is 0 Å². The van der Waals surface area contributed by atoms with Crippen LogP contribution in [0.3, 0.4) is 0 Å². The van der Waals surface area contributed by atoms with Crippen molar-refractivity contribution in [2.24, 2.45) is 0 Å². The molecule has 70 valence electrons. The highest BCUT2D eigenvalue weighted by molar-refractivity contribution is 8.00. The lowest BCUT2D eigenvalue weighted by Gasteiger charge is -2.03. The molecule has 1 aromatic rings. The maximum absolute atomic E-state index is 11.8. The normalized spacial score (nSPS) is 22.1. The Morgan fingerprint density at radius 2 is 2.46 bits per heavy atom. The minimum atomic E-state index is 0.248. The molecule has 2 rings (SSSR count). The van der Waals surface area contributed by atoms with Crippen molar-refractivity contribution in [3.63, 3.8) is 0 Å². The second kappa shape index (κ2) is 3.84. The monoisotopic (exact) mass is 212 g/mol. The second-order valence-electron chi connectivity index (χ2n) is 3.35. The third kappa shape index (κ3) is 1.97. The number of carbonyl (C=O) groups excluding carboxylic acids is 1. The van der Waals surface area contributed by atoms with E-state index in [0.29, 0.717) is 5.78 Å². The molecule has 1 fully saturated rings. The molecule has 0 N–H and O–H groups in total. The number of carbonyl (C=O) groups is 1. The molecule has 0 radical (unpaired) electrons. The van der Waals surface area contributed by atoms with Gasteiger partial charge < -0.3 is 0 Å². The van der Waals surface area contributed by atoms with Gasteiger partial charge in [-0.15, -0.1) is 11.3 Å². The van der Waals surface area contributed by atoms with Gasteiger partial charge in [-0.05, 0) is 42.5 Å². The van der Waals surface area contributed by atoms with Crippen LogP contribution in [-0.4, -0.2) is 16.8 Å². The average molecular weight is 212 g/mol. The molecule has 0 spiro atoms. The van der Waals surface area contributed by atoms with Crippen LogP contribution in [0, 0.1) is 6.92 Å². The van der Waals surface area contributed by atoms with E-state index in [2.05, 4.69) is 0 Å². The summed E-state index contributed by atoms with van der Waals surface area (Å²) < 4.78 is 0. The molecule has 1 saturated heterocycles. The summed E-state index contributed by atoms with van der Waals surface area (Å²) in [6.45, 7) is 2.04. The molecule has 1 aromatic heterocycles. The van der Waals surface area contributed by atoms with Crippen LogP contribution in [0.1, 0.15) is 28.1 Å². The number of aryl methyl sites for hydroxylation is 1. The first-order valence-electron chi connectivity index (χ1n) is 4.48. The summed E-state index contributed by atoms with van der Waals surface area (Å²) >= 11 is 3.39. The van der Waals surface area contributed by atoms with Crippen molar-refractivity contribution >= 4 is 28.9 Å². The molecule has 3 heteroatoms. The van der Waals surface area contributed by atoms with Crippen molar-refractivity contribution < 1.29 is 4.79 Å². The van der Waals surface area contributed by atoms with E-state index in [1.165, 1.54) is 12.0 Å². The van der Waals surface area contributed by atoms with Gasteiger partial charge in [-0.1, -0.05) is 0 Å². The van der Waals surface area contributed by atoms with Gasteiger partial charge in [0.25, 0.3) is 0 Å². The zero-order valence-electron chi connectivity index (χ0n) is 7.58. The Hall–Kier alpha value is -0.280. The molecule has 2 heterocycles. The lowest BCUT2D eigenvalue weighted by molar-refractivity contribution is 0.0992. The zero-order valence-corrected chi connectivity index (χ0v) is 9.21. The molecule has 1 nitrogen and oxygen atoms in total. The number of ketones is 1. The van der Waals surface area contributed by atoms with E-state index in [4.69, 9.17) is 0 Å². The summed E-state index contributed by atoms with van der Waals surface area (Å²) in [5.74, 6) is 1.50. The summed E-state index contributed by atoms with van der Waals surface area (Å²) in [5, 5.41) is 2.30. The summed E-state index contributed by atoms with van der Waals surface area (Å²) in [6, 6.07) is 2.01. The van der Waals surface area contributed by atoms with Gasteiger partial charge in [-0.3, -0.25) is 4.79 Å². The highest BCUT2D eigenvalue weighted by Gasteiger charge is 2.25. The number of thiophene rings is 1. The van der Waals surface area contributed by atoms with Crippen LogP contribution in [0.25, 0.3) is 0 Å². The van der Waals surface area contributed by atoms with Crippen LogP contribution < -0.4 is 0 Å². The molecule has 1 aliphatic rings. The average Bonchev–Trinajstić information content (AvgIpc) is 2.72. The molecular weight excluding hydrogens is 200 g/mol. The van der Waals surface area contributed by atoms with Gasteiger partial charge in [-0.25, -0.2) is 0 Å². The van der Waals surface area contributed by atoms with Gasteiger partial charge in [0.1, 0.15) is 0 Å². The Labute approximate surface area is 86.5 Å². The summed E-state index contributed by atoms with van der Waals surface area (Å²) in [7, 11) is 0. The fourth-order valence-electron chi connectivity index (χ4n) is 1.50. The van der Waals surface area contributed by atoms with Gasteiger partial charge in [-0.2, -0.15) is 11.8 Å². The first-order chi connectivity index (χ1) is 6.27. The topological polar surface area (TPSA) is 17.1 Å². The fourth-order valence-corrected chi connectivity index (χ4v) is 3.70. The number of hydrogen-bond acceptors (Lipinski definition) is 3. The minimum absolute atomic E-state index is 0.248. The van der Waals surface area contributed by atoms with Crippen molar-refractivity contribution in [3.05, 3.63) is 21.9 Å². The van der Waals surface area contributed by atoms with E-state index < -0.39 is 0 Å². The first-order valence-corrected chi connectivity index (χ1v) is 6.41. The van der Waals surface area contributed by atoms with E-state index in [0.717, 1.165) is 17.1 Å². The van der Waals surface area contributed by atoms with Crippen LogP contribution in [0.5, 0.6) is 0 Å². The molecular formula is C10H12OS2. The van der Waals surface area contributed by atoms with Crippen molar-refractivity contribution in [2.75, 3.05) is 5.75 Å². The minimum Gasteiger partial charge on any atom is -0.292 e. The molecule has 1 atom stereocenters. The summed E-state index contributed by atoms with van der Waals surface area (Å²) in [6.07, 6.45) is 2.27. The highest BCUT2D eigenvalue weighted by Crippen LogP contribution is 2.30. The fraction of sp³-hybridized carbons (Fsp3) is 0.500. The molecule has 0 aliphatic carbocycles. The lowest BCUT2D eigenvalue weighted by atomic mass is 10.1. The maximum Gasteiger partial charge on any atom is 0.185 e. The Balaban J connectivity index is 2.12. The highest BCUT2D eigenvalue weighted by atomic mass is 32.2. The van der Waals surface area contributed by atoms with Crippen molar-refractivity contribution in [1.29, 1.82) is 0 Å². The van der Waals surface area contributed by atoms with Crippen LogP contribution in [0.15, 0.2) is 11.4 Å². The van der Waals surface area contributed by atoms with E-state index in [1.54, 1.807) is 11.3 Å². The van der Waals surface area contributed by atoms with E-state index in [9.17, 15) is 4.79 Å². The van der Waals surface area contributed by atoms with Crippen molar-refractivity contribution in [2.45, 2.75) is 25.0 Å². The molecule has 1 unspecified atom stereocenters. The predicted molar refractivity (Wildman–Crippen MR) is 58.9 cm³/mol. The number of Topliss-reactive ketones (excluding diaryl/α,β-unsaturated/α-hetero) is 1. The third-order valence-corrected chi connectivity index (χ3v) is 4.63. The van der Waals surface area contributed by atoms with Gasteiger partial charge in [0, 0.05) is 0 Å². The van der Waals surface area contributed by atoms with Crippen LogP contribution >= 0.6 is 23.1 Å². The third-order valence-electron chi connectivity index (χ3n) is 2.20. The Kier molecular flexibility index (Phi) is 2.74. The first kappa shape index (κ1) is 9.28. The lowest BCUT2D eigenvalue weighted by Crippen LogP contribution is -2.12. The maximum atomic E-state index is 11.8. The molecule has 0 amide bonds. The number of thioether (sulfide) groups is 1. The Bertz CT molecular complexity index is 310. The summed E-state index contributed by atoms with van der Waals surface area (Å²) in [5.41, 5.74) is 1.20. The molecule has 0 saturated carbocycles. The largest absolute Gasteiger partial charge is 0.292 e. The molecule has 13 heavy (non-hydrogen) atoms. The van der Waals surface area contributed by atoms with Crippen molar-refractivity contribution in [3.8, 4) is 0 Å². The van der Waals surface area contributed by atoms with E-state index >= 15 is 0 Å². The van der Waals surface area contributed by atoms with Gasteiger partial charge in [0.2, 0.25) is 0 Å². The molecule has 1 aliphatic heterocycles. The van der Waals surface area contributed by atoms with E-state index in [-0.39, 0.29) is 5.25 Å². The second-order valence-corrected chi connectivity index (χ2v) is 5.58. The number of rotatable bonds is 2. The van der Waals surface area contributed by atoms with Crippen LogP contribution in [0.2, 0.25) is 0 Å². The molecule has 0 aromatic carbocycles. The van der Waals surface area contributed by atoms with E-state index in [1.807, 2.05) is 30.1 Å². The SMILES string of the molecule is Cc1csc(C(=O)C2CCCS2)c1. The quantitative estimate of drug-likeness (QED) is 0.701. The standard InChI is InChI=1S/C10H12OS2/c1-7-5-9(13-6-7)10(11)8-3-2-4-12-8/h5-6,8H,2-4H2,1H3. The smallest absolute Gasteiger partial charge is 0.185 e. The zero-order chi connectivity index (χ0) is 9.26. The Morgan fingerprint density at radius 1 is 1.62 bits per heavy atom.